The van der Waals surface area contributed by atoms with E-state index in [2.05, 4.69) is 4.98 Å². The lowest BCUT2D eigenvalue weighted by molar-refractivity contribution is 0.0796. The second-order valence-corrected chi connectivity index (χ2v) is 4.17. The van der Waals surface area contributed by atoms with Gasteiger partial charge in [-0.2, -0.15) is 0 Å². The van der Waals surface area contributed by atoms with Gasteiger partial charge in [-0.25, -0.2) is 4.98 Å². The zero-order chi connectivity index (χ0) is 12.4. The van der Waals surface area contributed by atoms with Crippen molar-refractivity contribution in [2.45, 2.75) is 13.8 Å². The summed E-state index contributed by atoms with van der Waals surface area (Å²) in [5.41, 5.74) is 2.34. The zero-order valence-corrected chi connectivity index (χ0v) is 10.4. The standard InChI is InChI=1S/C14H16N2O/c1-4-16(3)14(17)13-10(2)9-11-7-5-6-8-12(11)15-13/h5-9H,4H2,1-3H3. The van der Waals surface area contributed by atoms with Crippen molar-refractivity contribution in [1.29, 1.82) is 0 Å². The third kappa shape index (κ3) is 2.13. The smallest absolute Gasteiger partial charge is 0.272 e. The number of carbonyl (C=O) groups is 1. The van der Waals surface area contributed by atoms with E-state index in [4.69, 9.17) is 0 Å². The molecular weight excluding hydrogens is 212 g/mol. The molecule has 0 fully saturated rings. The topological polar surface area (TPSA) is 33.2 Å². The molecule has 88 valence electrons. The lowest BCUT2D eigenvalue weighted by atomic mass is 10.1. The minimum Gasteiger partial charge on any atom is -0.341 e. The second-order valence-electron chi connectivity index (χ2n) is 4.17. The van der Waals surface area contributed by atoms with Crippen LogP contribution in [0.15, 0.2) is 30.3 Å². The largest absolute Gasteiger partial charge is 0.341 e. The molecule has 0 aliphatic rings. The van der Waals surface area contributed by atoms with E-state index in [0.29, 0.717) is 12.2 Å². The molecule has 0 aliphatic heterocycles. The van der Waals surface area contributed by atoms with Crippen LogP contribution in [0.25, 0.3) is 10.9 Å². The molecule has 1 heterocycles. The Morgan fingerprint density at radius 2 is 2.06 bits per heavy atom. The van der Waals surface area contributed by atoms with E-state index < -0.39 is 0 Å². The highest BCUT2D eigenvalue weighted by atomic mass is 16.2. The van der Waals surface area contributed by atoms with Crippen molar-refractivity contribution in [1.82, 2.24) is 9.88 Å². The number of benzene rings is 1. The normalized spacial score (nSPS) is 10.5. The van der Waals surface area contributed by atoms with Gasteiger partial charge in [0, 0.05) is 19.0 Å². The number of fused-ring (bicyclic) bond motifs is 1. The Morgan fingerprint density at radius 3 is 2.76 bits per heavy atom. The van der Waals surface area contributed by atoms with Crippen LogP contribution in [0.2, 0.25) is 0 Å². The van der Waals surface area contributed by atoms with Gasteiger partial charge in [0.1, 0.15) is 5.69 Å². The van der Waals surface area contributed by atoms with Gasteiger partial charge in [0.2, 0.25) is 0 Å². The van der Waals surface area contributed by atoms with Crippen LogP contribution in [0, 0.1) is 6.92 Å². The van der Waals surface area contributed by atoms with E-state index in [1.54, 1.807) is 11.9 Å². The Morgan fingerprint density at radius 1 is 1.35 bits per heavy atom. The minimum atomic E-state index is -0.0178. The van der Waals surface area contributed by atoms with Crippen molar-refractivity contribution in [3.63, 3.8) is 0 Å². The maximum atomic E-state index is 12.1. The third-order valence-corrected chi connectivity index (χ3v) is 2.94. The number of aromatic nitrogens is 1. The Hall–Kier alpha value is -1.90. The SMILES string of the molecule is CCN(C)C(=O)c1nc2ccccc2cc1C. The van der Waals surface area contributed by atoms with Crippen LogP contribution < -0.4 is 0 Å². The minimum absolute atomic E-state index is 0.0178. The highest BCUT2D eigenvalue weighted by molar-refractivity contribution is 5.96. The predicted octanol–water partition coefficient (Wildman–Crippen LogP) is 2.64. The quantitative estimate of drug-likeness (QED) is 0.791. The number of nitrogens with zero attached hydrogens (tertiary/aromatic N) is 2. The molecule has 0 N–H and O–H groups in total. The monoisotopic (exact) mass is 228 g/mol. The zero-order valence-electron chi connectivity index (χ0n) is 10.4. The van der Waals surface area contributed by atoms with Crippen LogP contribution in [0.3, 0.4) is 0 Å². The molecule has 1 aromatic carbocycles. The molecule has 17 heavy (non-hydrogen) atoms. The molecule has 2 rings (SSSR count). The summed E-state index contributed by atoms with van der Waals surface area (Å²) < 4.78 is 0. The molecule has 0 aliphatic carbocycles. The number of para-hydroxylation sites is 1. The lowest BCUT2D eigenvalue weighted by Crippen LogP contribution is -2.27. The van der Waals surface area contributed by atoms with Crippen LogP contribution in [-0.4, -0.2) is 29.4 Å². The molecule has 0 spiro atoms. The van der Waals surface area contributed by atoms with E-state index in [1.807, 2.05) is 44.2 Å². The number of hydrogen-bond donors (Lipinski definition) is 0. The highest BCUT2D eigenvalue weighted by Crippen LogP contribution is 2.16. The van der Waals surface area contributed by atoms with Crippen molar-refractivity contribution in [2.75, 3.05) is 13.6 Å². The summed E-state index contributed by atoms with van der Waals surface area (Å²) in [5, 5.41) is 1.07. The Kier molecular flexibility index (Phi) is 3.09. The maximum Gasteiger partial charge on any atom is 0.272 e. The number of pyridine rings is 1. The molecule has 0 radical (unpaired) electrons. The third-order valence-electron chi connectivity index (χ3n) is 2.94. The van der Waals surface area contributed by atoms with E-state index >= 15 is 0 Å². The van der Waals surface area contributed by atoms with Crippen molar-refractivity contribution in [3.05, 3.63) is 41.6 Å². The van der Waals surface area contributed by atoms with Crippen molar-refractivity contribution in [3.8, 4) is 0 Å². The van der Waals surface area contributed by atoms with E-state index in [-0.39, 0.29) is 5.91 Å². The van der Waals surface area contributed by atoms with Crippen molar-refractivity contribution >= 4 is 16.8 Å². The summed E-state index contributed by atoms with van der Waals surface area (Å²) in [6, 6.07) is 9.86. The fourth-order valence-electron chi connectivity index (χ4n) is 1.76. The molecule has 0 saturated carbocycles. The molecule has 1 aromatic heterocycles. The van der Waals surface area contributed by atoms with Crippen molar-refractivity contribution in [2.24, 2.45) is 0 Å². The highest BCUT2D eigenvalue weighted by Gasteiger charge is 2.15. The van der Waals surface area contributed by atoms with Gasteiger partial charge in [-0.1, -0.05) is 18.2 Å². The molecule has 0 atom stereocenters. The second kappa shape index (κ2) is 4.53. The number of carbonyl (C=O) groups excluding carboxylic acids is 1. The molecule has 1 amide bonds. The number of aryl methyl sites for hydroxylation is 1. The Bertz CT molecular complexity index is 563. The van der Waals surface area contributed by atoms with Crippen LogP contribution in [0.1, 0.15) is 23.0 Å². The first-order valence-electron chi connectivity index (χ1n) is 5.75. The number of hydrogen-bond acceptors (Lipinski definition) is 2. The van der Waals surface area contributed by atoms with Crippen molar-refractivity contribution < 1.29 is 4.79 Å². The van der Waals surface area contributed by atoms with Crippen LogP contribution in [-0.2, 0) is 0 Å². The molecule has 2 aromatic rings. The summed E-state index contributed by atoms with van der Waals surface area (Å²) in [7, 11) is 1.79. The van der Waals surface area contributed by atoms with Gasteiger partial charge in [-0.3, -0.25) is 4.79 Å². The predicted molar refractivity (Wildman–Crippen MR) is 69.1 cm³/mol. The van der Waals surface area contributed by atoms with Gasteiger partial charge in [0.05, 0.1) is 5.52 Å². The summed E-state index contributed by atoms with van der Waals surface area (Å²) in [5.74, 6) is -0.0178. The Labute approximate surface area is 101 Å². The fraction of sp³-hybridized carbons (Fsp3) is 0.286. The lowest BCUT2D eigenvalue weighted by Gasteiger charge is -2.15. The maximum absolute atomic E-state index is 12.1. The average molecular weight is 228 g/mol. The first-order chi connectivity index (χ1) is 8.13. The van der Waals surface area contributed by atoms with Crippen LogP contribution >= 0.6 is 0 Å². The first-order valence-corrected chi connectivity index (χ1v) is 5.75. The first kappa shape index (κ1) is 11.6. The summed E-state index contributed by atoms with van der Waals surface area (Å²) in [4.78, 5) is 18.2. The summed E-state index contributed by atoms with van der Waals surface area (Å²) in [6.07, 6.45) is 0. The van der Waals surface area contributed by atoms with Crippen LogP contribution in [0.5, 0.6) is 0 Å². The van der Waals surface area contributed by atoms with E-state index in [1.165, 1.54) is 0 Å². The fourth-order valence-corrected chi connectivity index (χ4v) is 1.76. The number of amides is 1. The summed E-state index contributed by atoms with van der Waals surface area (Å²) in [6.45, 7) is 4.57. The molecular formula is C14H16N2O. The average Bonchev–Trinajstić information content (AvgIpc) is 2.36. The molecule has 3 nitrogen and oxygen atoms in total. The van der Waals surface area contributed by atoms with E-state index in [9.17, 15) is 4.79 Å². The van der Waals surface area contributed by atoms with Gasteiger partial charge >= 0.3 is 0 Å². The van der Waals surface area contributed by atoms with Gasteiger partial charge in [0.15, 0.2) is 0 Å². The summed E-state index contributed by atoms with van der Waals surface area (Å²) >= 11 is 0. The Balaban J connectivity index is 2.54. The molecule has 3 heteroatoms. The van der Waals surface area contributed by atoms with Gasteiger partial charge in [-0.05, 0) is 31.5 Å². The van der Waals surface area contributed by atoms with Gasteiger partial charge in [0.25, 0.3) is 5.91 Å². The van der Waals surface area contributed by atoms with E-state index in [0.717, 1.165) is 16.5 Å². The molecule has 0 bridgehead atoms. The van der Waals surface area contributed by atoms with Gasteiger partial charge < -0.3 is 4.90 Å². The number of rotatable bonds is 2. The molecule has 0 saturated heterocycles. The molecule has 0 unspecified atom stereocenters. The van der Waals surface area contributed by atoms with Crippen LogP contribution in [0.4, 0.5) is 0 Å². The van der Waals surface area contributed by atoms with Gasteiger partial charge in [-0.15, -0.1) is 0 Å².